The molecule has 0 radical (unpaired) electrons. The molecule has 4 rings (SSSR count). The number of carbonyl (C=O) groups is 3. The van der Waals surface area contributed by atoms with E-state index in [1.54, 1.807) is 30.3 Å². The van der Waals surface area contributed by atoms with E-state index >= 15 is 0 Å². The van der Waals surface area contributed by atoms with Crippen molar-refractivity contribution < 1.29 is 27.6 Å². The van der Waals surface area contributed by atoms with Crippen molar-refractivity contribution in [2.24, 2.45) is 0 Å². The highest BCUT2D eigenvalue weighted by Gasteiger charge is 2.30. The molecule has 0 aliphatic heterocycles. The van der Waals surface area contributed by atoms with E-state index < -0.39 is 29.5 Å². The van der Waals surface area contributed by atoms with E-state index in [1.807, 2.05) is 13.0 Å². The molecule has 1 aromatic heterocycles. The Morgan fingerprint density at radius 2 is 1.54 bits per heavy atom. The molecular formula is C25H17Br2F3N4O3. The van der Waals surface area contributed by atoms with Crippen molar-refractivity contribution >= 4 is 71.9 Å². The zero-order chi connectivity index (χ0) is 26.9. The number of fused-ring (bicyclic) bond motifs is 1. The molecule has 3 N–H and O–H groups in total. The lowest BCUT2D eigenvalue weighted by molar-refractivity contribution is -0.137. The van der Waals surface area contributed by atoms with E-state index in [9.17, 15) is 27.6 Å². The van der Waals surface area contributed by atoms with Crippen molar-refractivity contribution in [1.82, 2.24) is 4.68 Å². The van der Waals surface area contributed by atoms with E-state index in [1.165, 1.54) is 12.1 Å². The van der Waals surface area contributed by atoms with Crippen LogP contribution in [0.1, 0.15) is 21.6 Å². The Morgan fingerprint density at radius 3 is 2.24 bits per heavy atom. The topological polar surface area (TPSA) is 92.2 Å². The van der Waals surface area contributed by atoms with Gasteiger partial charge in [0.05, 0.1) is 11.1 Å². The van der Waals surface area contributed by atoms with Crippen LogP contribution in [0.2, 0.25) is 0 Å². The molecule has 0 atom stereocenters. The first-order chi connectivity index (χ1) is 17.4. The number of nitrogens with one attached hydrogen (secondary N) is 3. The summed E-state index contributed by atoms with van der Waals surface area (Å²) < 4.78 is 41.6. The number of aryl methyl sites for hydroxylation is 1. The lowest BCUT2D eigenvalue weighted by Crippen LogP contribution is -2.36. The monoisotopic (exact) mass is 636 g/mol. The van der Waals surface area contributed by atoms with Crippen molar-refractivity contribution in [3.05, 3.63) is 92.5 Å². The standard InChI is InChI=1S/C25H17Br2F3N4O3/c1-13-9-16(26)5-7-19(13)32-22(35)21-11-14-10-17(27)6-8-20(14)34(21)33-24(37)23(36)31-18-4-2-3-15(12-18)25(28,29)30/h2-12H,1H3,(H,31,36)(H,32,35)(H,33,37). The van der Waals surface area contributed by atoms with Crippen molar-refractivity contribution in [3.8, 4) is 0 Å². The van der Waals surface area contributed by atoms with Gasteiger partial charge in [0.25, 0.3) is 5.91 Å². The van der Waals surface area contributed by atoms with Crippen LogP contribution in [0.4, 0.5) is 24.5 Å². The lowest BCUT2D eigenvalue weighted by Gasteiger charge is -2.14. The Morgan fingerprint density at radius 1 is 0.838 bits per heavy atom. The predicted octanol–water partition coefficient (Wildman–Crippen LogP) is 6.45. The Bertz CT molecular complexity index is 1550. The number of amides is 3. The molecular weight excluding hydrogens is 621 g/mol. The van der Waals surface area contributed by atoms with E-state index in [0.29, 0.717) is 22.7 Å². The fraction of sp³-hybridized carbons (Fsp3) is 0.0800. The third kappa shape index (κ3) is 6.03. The summed E-state index contributed by atoms with van der Waals surface area (Å²) in [6.45, 7) is 1.81. The zero-order valence-corrected chi connectivity index (χ0v) is 22.1. The normalized spacial score (nSPS) is 11.3. The molecule has 0 fully saturated rings. The number of aromatic nitrogens is 1. The first kappa shape index (κ1) is 26.4. The van der Waals surface area contributed by atoms with Crippen LogP contribution >= 0.6 is 31.9 Å². The maximum atomic E-state index is 13.2. The summed E-state index contributed by atoms with van der Waals surface area (Å²) in [5, 5.41) is 5.52. The van der Waals surface area contributed by atoms with Crippen molar-refractivity contribution in [2.45, 2.75) is 13.1 Å². The summed E-state index contributed by atoms with van der Waals surface area (Å²) in [7, 11) is 0. The summed E-state index contributed by atoms with van der Waals surface area (Å²) in [5.74, 6) is -2.96. The highest BCUT2D eigenvalue weighted by Crippen LogP contribution is 2.31. The Kier molecular flexibility index (Phi) is 7.42. The predicted molar refractivity (Wildman–Crippen MR) is 141 cm³/mol. The number of nitrogens with zero attached hydrogens (tertiary/aromatic N) is 1. The Hall–Kier alpha value is -3.64. The Balaban J connectivity index is 1.61. The van der Waals surface area contributed by atoms with Crippen LogP contribution in [-0.4, -0.2) is 22.4 Å². The second-order valence-corrected chi connectivity index (χ2v) is 9.79. The van der Waals surface area contributed by atoms with Crippen molar-refractivity contribution in [2.75, 3.05) is 16.1 Å². The molecule has 0 saturated carbocycles. The highest BCUT2D eigenvalue weighted by atomic mass is 79.9. The second-order valence-electron chi connectivity index (χ2n) is 7.96. The first-order valence-corrected chi connectivity index (χ1v) is 12.2. The maximum absolute atomic E-state index is 13.2. The van der Waals surface area contributed by atoms with E-state index in [0.717, 1.165) is 31.3 Å². The van der Waals surface area contributed by atoms with Gasteiger partial charge in [-0.25, -0.2) is 4.68 Å². The molecule has 190 valence electrons. The third-order valence-electron chi connectivity index (χ3n) is 5.30. The number of rotatable bonds is 4. The second kappa shape index (κ2) is 10.4. The average molecular weight is 638 g/mol. The molecule has 7 nitrogen and oxygen atoms in total. The molecule has 3 aromatic carbocycles. The molecule has 0 aliphatic carbocycles. The van der Waals surface area contributed by atoms with Crippen molar-refractivity contribution in [1.29, 1.82) is 0 Å². The molecule has 0 bridgehead atoms. The van der Waals surface area contributed by atoms with Gasteiger partial charge in [-0.2, -0.15) is 13.2 Å². The van der Waals surface area contributed by atoms with Gasteiger partial charge in [-0.3, -0.25) is 19.8 Å². The number of hydrogen-bond donors (Lipinski definition) is 3. The van der Waals surface area contributed by atoms with Gasteiger partial charge >= 0.3 is 18.0 Å². The minimum atomic E-state index is -4.61. The van der Waals surface area contributed by atoms with Gasteiger partial charge in [-0.05, 0) is 73.2 Å². The number of benzene rings is 3. The molecule has 0 spiro atoms. The van der Waals surface area contributed by atoms with Crippen LogP contribution in [-0.2, 0) is 15.8 Å². The van der Waals surface area contributed by atoms with Crippen LogP contribution < -0.4 is 16.1 Å². The largest absolute Gasteiger partial charge is 0.416 e. The number of halogens is 5. The van der Waals surface area contributed by atoms with Crippen LogP contribution in [0.5, 0.6) is 0 Å². The van der Waals surface area contributed by atoms with Gasteiger partial charge in [-0.15, -0.1) is 0 Å². The van der Waals surface area contributed by atoms with E-state index in [2.05, 4.69) is 47.9 Å². The van der Waals surface area contributed by atoms with Crippen LogP contribution in [0.15, 0.2) is 75.7 Å². The summed E-state index contributed by atoms with van der Waals surface area (Å²) >= 11 is 6.72. The van der Waals surface area contributed by atoms with Gasteiger partial charge in [0.2, 0.25) is 0 Å². The molecule has 4 aromatic rings. The van der Waals surface area contributed by atoms with Gasteiger partial charge in [0.1, 0.15) is 5.69 Å². The summed E-state index contributed by atoms with van der Waals surface area (Å²) in [6, 6.07) is 15.8. The minimum Gasteiger partial charge on any atom is -0.320 e. The third-order valence-corrected chi connectivity index (χ3v) is 6.29. The molecule has 3 amide bonds. The SMILES string of the molecule is Cc1cc(Br)ccc1NC(=O)c1cc2cc(Br)ccc2n1NC(=O)C(=O)Nc1cccc(C(F)(F)F)c1. The smallest absolute Gasteiger partial charge is 0.320 e. The van der Waals surface area contributed by atoms with Gasteiger partial charge < -0.3 is 10.6 Å². The van der Waals surface area contributed by atoms with Crippen LogP contribution in [0, 0.1) is 6.92 Å². The molecule has 1 heterocycles. The van der Waals surface area contributed by atoms with E-state index in [-0.39, 0.29) is 11.4 Å². The number of anilines is 2. The fourth-order valence-corrected chi connectivity index (χ4v) is 4.40. The van der Waals surface area contributed by atoms with Crippen LogP contribution in [0.3, 0.4) is 0 Å². The molecule has 0 saturated heterocycles. The quantitative estimate of drug-likeness (QED) is 0.225. The number of carbonyl (C=O) groups excluding carboxylic acids is 3. The lowest BCUT2D eigenvalue weighted by atomic mass is 10.2. The summed E-state index contributed by atoms with van der Waals surface area (Å²) in [5.41, 5.74) is 2.96. The number of hydrogen-bond acceptors (Lipinski definition) is 3. The number of alkyl halides is 3. The molecule has 37 heavy (non-hydrogen) atoms. The Labute approximate surface area is 225 Å². The average Bonchev–Trinajstić information content (AvgIpc) is 3.17. The summed E-state index contributed by atoms with van der Waals surface area (Å²) in [6.07, 6.45) is -4.61. The zero-order valence-electron chi connectivity index (χ0n) is 18.9. The molecule has 0 unspecified atom stereocenters. The minimum absolute atomic E-state index is 0.0237. The van der Waals surface area contributed by atoms with E-state index in [4.69, 9.17) is 0 Å². The van der Waals surface area contributed by atoms with Gasteiger partial charge in [0.15, 0.2) is 0 Å². The fourth-order valence-electron chi connectivity index (χ4n) is 3.54. The molecule has 0 aliphatic rings. The summed E-state index contributed by atoms with van der Waals surface area (Å²) in [4.78, 5) is 38.4. The van der Waals surface area contributed by atoms with Crippen molar-refractivity contribution in [3.63, 3.8) is 0 Å². The molecule has 12 heteroatoms. The highest BCUT2D eigenvalue weighted by molar-refractivity contribution is 9.10. The maximum Gasteiger partial charge on any atom is 0.416 e. The van der Waals surface area contributed by atoms with Crippen LogP contribution in [0.25, 0.3) is 10.9 Å². The van der Waals surface area contributed by atoms with Gasteiger partial charge in [-0.1, -0.05) is 37.9 Å². The van der Waals surface area contributed by atoms with Gasteiger partial charge in [0, 0.05) is 25.7 Å². The first-order valence-electron chi connectivity index (χ1n) is 10.6.